The number of benzene rings is 1. The molecule has 1 aliphatic heterocycles. The minimum atomic E-state index is 0.873. The average Bonchev–Trinajstić information content (AvgIpc) is 2.97. The molecule has 0 saturated heterocycles. The smallest absolute Gasteiger partial charge is 0.132 e. The number of nitrogens with one attached hydrogen (secondary N) is 2. The summed E-state index contributed by atoms with van der Waals surface area (Å²) in [4.78, 5) is 4.18. The van der Waals surface area contributed by atoms with Crippen LogP contribution in [0.15, 0.2) is 52.7 Å². The molecular formula is C18H19N3. The van der Waals surface area contributed by atoms with Crippen molar-refractivity contribution in [2.45, 2.75) is 6.92 Å². The highest BCUT2D eigenvalue weighted by molar-refractivity contribution is 6.05. The Morgan fingerprint density at radius 2 is 1.86 bits per heavy atom. The van der Waals surface area contributed by atoms with Gasteiger partial charge in [0.15, 0.2) is 0 Å². The maximum Gasteiger partial charge on any atom is 0.132 e. The second kappa shape index (κ2) is 8.30. The van der Waals surface area contributed by atoms with Gasteiger partial charge in [-0.2, -0.15) is 0 Å². The molecule has 3 nitrogen and oxygen atoms in total. The minimum absolute atomic E-state index is 0.873. The molecule has 1 aromatic rings. The summed E-state index contributed by atoms with van der Waals surface area (Å²) < 4.78 is 0. The average molecular weight is 277 g/mol. The molecule has 2 N–H and O–H groups in total. The molecule has 106 valence electrons. The van der Waals surface area contributed by atoms with Crippen molar-refractivity contribution in [2.75, 3.05) is 19.4 Å². The molecule has 3 heteroatoms. The molecule has 0 aromatic heterocycles. The summed E-state index contributed by atoms with van der Waals surface area (Å²) >= 11 is 0. The number of hydrogen-bond donors (Lipinski definition) is 2. The molecule has 0 bridgehead atoms. The normalized spacial score (nSPS) is 16.1. The Morgan fingerprint density at radius 3 is 2.33 bits per heavy atom. The fraction of sp³-hybridized carbons (Fsp3) is 0.167. The zero-order chi connectivity index (χ0) is 15.7. The first-order valence-corrected chi connectivity index (χ1v) is 6.52. The van der Waals surface area contributed by atoms with E-state index in [0.717, 1.165) is 28.4 Å². The number of amidine groups is 1. The first-order chi connectivity index (χ1) is 10.3. The summed E-state index contributed by atoms with van der Waals surface area (Å²) in [5.41, 5.74) is 4.04. The van der Waals surface area contributed by atoms with E-state index in [1.165, 1.54) is 0 Å². The van der Waals surface area contributed by atoms with Crippen molar-refractivity contribution in [1.82, 2.24) is 5.32 Å². The van der Waals surface area contributed by atoms with E-state index in [4.69, 9.17) is 0 Å². The van der Waals surface area contributed by atoms with Crippen LogP contribution in [-0.2, 0) is 0 Å². The molecule has 0 radical (unpaired) electrons. The number of terminal acetylenes is 1. The van der Waals surface area contributed by atoms with Crippen molar-refractivity contribution in [3.8, 4) is 24.7 Å². The van der Waals surface area contributed by atoms with Crippen molar-refractivity contribution in [3.05, 3.63) is 53.3 Å². The Bertz CT molecular complexity index is 647. The Hall–Kier alpha value is -2.91. The van der Waals surface area contributed by atoms with E-state index in [0.29, 0.717) is 0 Å². The van der Waals surface area contributed by atoms with Gasteiger partial charge in [0.1, 0.15) is 5.84 Å². The predicted molar refractivity (Wildman–Crippen MR) is 91.1 cm³/mol. The van der Waals surface area contributed by atoms with Crippen LogP contribution in [0.2, 0.25) is 0 Å². The summed E-state index contributed by atoms with van der Waals surface area (Å²) in [7, 11) is 3.67. The van der Waals surface area contributed by atoms with Crippen LogP contribution in [0.1, 0.15) is 12.5 Å². The van der Waals surface area contributed by atoms with Crippen LogP contribution in [0, 0.1) is 24.7 Å². The maximum absolute atomic E-state index is 4.18. The molecule has 0 saturated carbocycles. The van der Waals surface area contributed by atoms with E-state index < -0.39 is 0 Å². The lowest BCUT2D eigenvalue weighted by Crippen LogP contribution is -2.16. The topological polar surface area (TPSA) is 36.4 Å². The van der Waals surface area contributed by atoms with Crippen LogP contribution >= 0.6 is 0 Å². The number of rotatable bonds is 1. The van der Waals surface area contributed by atoms with Crippen molar-refractivity contribution in [1.29, 1.82) is 0 Å². The summed E-state index contributed by atoms with van der Waals surface area (Å²) in [6.07, 6.45) is 12.0. The minimum Gasteiger partial charge on any atom is -0.388 e. The Kier molecular flexibility index (Phi) is 6.38. The highest BCUT2D eigenvalue weighted by Gasteiger charge is 2.12. The largest absolute Gasteiger partial charge is 0.388 e. The van der Waals surface area contributed by atoms with Gasteiger partial charge < -0.3 is 10.6 Å². The Balaban J connectivity index is 0.00000106. The number of allylic oxidation sites excluding steroid dienone is 2. The summed E-state index contributed by atoms with van der Waals surface area (Å²) in [5, 5.41) is 6.27. The highest BCUT2D eigenvalue weighted by Crippen LogP contribution is 2.11. The van der Waals surface area contributed by atoms with Crippen LogP contribution < -0.4 is 10.6 Å². The van der Waals surface area contributed by atoms with Crippen LogP contribution in [0.25, 0.3) is 0 Å². The van der Waals surface area contributed by atoms with Crippen molar-refractivity contribution >= 4 is 11.5 Å². The van der Waals surface area contributed by atoms with Gasteiger partial charge in [0, 0.05) is 30.9 Å². The van der Waals surface area contributed by atoms with E-state index in [2.05, 4.69) is 40.3 Å². The van der Waals surface area contributed by atoms with E-state index in [1.807, 2.05) is 50.4 Å². The monoisotopic (exact) mass is 277 g/mol. The zero-order valence-corrected chi connectivity index (χ0v) is 12.6. The first-order valence-electron chi connectivity index (χ1n) is 6.52. The van der Waals surface area contributed by atoms with Gasteiger partial charge in [-0.1, -0.05) is 12.0 Å². The van der Waals surface area contributed by atoms with Gasteiger partial charge in [0.2, 0.25) is 0 Å². The third-order valence-electron chi connectivity index (χ3n) is 2.88. The van der Waals surface area contributed by atoms with E-state index >= 15 is 0 Å². The van der Waals surface area contributed by atoms with E-state index in [-0.39, 0.29) is 0 Å². The van der Waals surface area contributed by atoms with Gasteiger partial charge in [-0.05, 0) is 43.2 Å². The van der Waals surface area contributed by atoms with Crippen molar-refractivity contribution in [3.63, 3.8) is 0 Å². The van der Waals surface area contributed by atoms with Crippen LogP contribution in [0.4, 0.5) is 5.69 Å². The number of anilines is 1. The standard InChI is InChI=1S/C16H17N3.C2H2/c1-4-13-11-15(19-16(13)18-3)10-7-12-5-8-14(17-2)9-6-12;1-2/h4-6,8-9,11,17H,1-3H3,(H,18,19);1-2H/b13-4-;. The van der Waals surface area contributed by atoms with Crippen molar-refractivity contribution < 1.29 is 0 Å². The van der Waals surface area contributed by atoms with Gasteiger partial charge in [-0.3, -0.25) is 4.99 Å². The van der Waals surface area contributed by atoms with Crippen molar-refractivity contribution in [2.24, 2.45) is 4.99 Å². The Labute approximate surface area is 126 Å². The summed E-state index contributed by atoms with van der Waals surface area (Å²) in [6, 6.07) is 8.02. The SMILES string of the molecule is C#C.C/C=C1/C=C(C#Cc2ccc(NC)cc2)NC1=NC. The molecule has 0 unspecified atom stereocenters. The molecular weight excluding hydrogens is 258 g/mol. The quantitative estimate of drug-likeness (QED) is 0.774. The second-order valence-electron chi connectivity index (χ2n) is 4.08. The molecule has 0 spiro atoms. The predicted octanol–water partition coefficient (Wildman–Crippen LogP) is 2.79. The lowest BCUT2D eigenvalue weighted by Gasteiger charge is -1.99. The highest BCUT2D eigenvalue weighted by atomic mass is 15.0. The third kappa shape index (κ3) is 4.30. The molecule has 0 fully saturated rings. The molecule has 1 heterocycles. The first kappa shape index (κ1) is 16.1. The third-order valence-corrected chi connectivity index (χ3v) is 2.88. The molecule has 1 aliphatic rings. The fourth-order valence-corrected chi connectivity index (χ4v) is 1.79. The van der Waals surface area contributed by atoms with Gasteiger partial charge in [-0.25, -0.2) is 0 Å². The maximum atomic E-state index is 4.18. The van der Waals surface area contributed by atoms with Gasteiger partial charge in [0.25, 0.3) is 0 Å². The molecule has 0 aliphatic carbocycles. The lowest BCUT2D eigenvalue weighted by molar-refractivity contribution is 1.21. The van der Waals surface area contributed by atoms with Crippen LogP contribution in [0.3, 0.4) is 0 Å². The fourth-order valence-electron chi connectivity index (χ4n) is 1.79. The summed E-state index contributed by atoms with van der Waals surface area (Å²) in [6.45, 7) is 1.99. The van der Waals surface area contributed by atoms with Crippen LogP contribution in [0.5, 0.6) is 0 Å². The number of aliphatic imine (C=N–C) groups is 1. The van der Waals surface area contributed by atoms with Crippen LogP contribution in [-0.4, -0.2) is 19.9 Å². The van der Waals surface area contributed by atoms with Gasteiger partial charge >= 0.3 is 0 Å². The summed E-state index contributed by atoms with van der Waals surface area (Å²) in [5.74, 6) is 7.13. The molecule has 0 amide bonds. The molecule has 2 rings (SSSR count). The van der Waals surface area contributed by atoms with E-state index in [1.54, 1.807) is 7.05 Å². The second-order valence-corrected chi connectivity index (χ2v) is 4.08. The number of nitrogens with zero attached hydrogens (tertiary/aromatic N) is 1. The van der Waals surface area contributed by atoms with Gasteiger partial charge in [-0.15, -0.1) is 12.8 Å². The Morgan fingerprint density at radius 1 is 1.19 bits per heavy atom. The van der Waals surface area contributed by atoms with Gasteiger partial charge in [0.05, 0.1) is 5.70 Å². The molecule has 1 aromatic carbocycles. The molecule has 0 atom stereocenters. The van der Waals surface area contributed by atoms with E-state index in [9.17, 15) is 0 Å². The zero-order valence-electron chi connectivity index (χ0n) is 12.6. The number of hydrogen-bond acceptors (Lipinski definition) is 2. The molecule has 21 heavy (non-hydrogen) atoms. The lowest BCUT2D eigenvalue weighted by atomic mass is 10.2.